The Morgan fingerprint density at radius 3 is 1.71 bits per heavy atom. The summed E-state index contributed by atoms with van der Waals surface area (Å²) in [6.45, 7) is 6.92. The number of hydrogen-bond acceptors (Lipinski definition) is 6. The molecule has 0 spiro atoms. The molecule has 1 heterocycles. The van der Waals surface area contributed by atoms with E-state index in [0.717, 1.165) is 32.5 Å². The number of allylic oxidation sites excluding steroid dienone is 2. The van der Waals surface area contributed by atoms with E-state index in [2.05, 4.69) is 64.4 Å². The van der Waals surface area contributed by atoms with Crippen molar-refractivity contribution < 1.29 is 19.1 Å². The van der Waals surface area contributed by atoms with Gasteiger partial charge in [0.15, 0.2) is 0 Å². The Kier molecular flexibility index (Phi) is 10.3. The van der Waals surface area contributed by atoms with Crippen LogP contribution in [0.3, 0.4) is 0 Å². The van der Waals surface area contributed by atoms with Crippen molar-refractivity contribution in [3.8, 4) is 0 Å². The molecule has 0 atom stereocenters. The molecule has 2 aromatic carbocycles. The molecule has 1 saturated heterocycles. The van der Waals surface area contributed by atoms with E-state index in [9.17, 15) is 9.59 Å². The van der Waals surface area contributed by atoms with E-state index in [4.69, 9.17) is 9.47 Å². The van der Waals surface area contributed by atoms with E-state index in [1.165, 1.54) is 77.1 Å². The quantitative estimate of drug-likeness (QED) is 0.199. The van der Waals surface area contributed by atoms with Gasteiger partial charge in [0.2, 0.25) is 23.1 Å². The van der Waals surface area contributed by atoms with E-state index in [-0.39, 0.29) is 28.5 Å². The van der Waals surface area contributed by atoms with Crippen LogP contribution in [0.4, 0.5) is 0 Å². The van der Waals surface area contributed by atoms with Gasteiger partial charge in [0.1, 0.15) is 0 Å². The van der Waals surface area contributed by atoms with Crippen molar-refractivity contribution in [2.75, 3.05) is 46.9 Å². The van der Waals surface area contributed by atoms with Gasteiger partial charge in [-0.15, -0.1) is 0 Å². The van der Waals surface area contributed by atoms with Crippen LogP contribution in [0.1, 0.15) is 68.9 Å². The minimum Gasteiger partial charge on any atom is -0.489 e. The molecule has 2 aliphatic carbocycles. The third-order valence-electron chi connectivity index (χ3n) is 9.45. The van der Waals surface area contributed by atoms with Gasteiger partial charge in [0.05, 0.1) is 14.2 Å². The highest BCUT2D eigenvalue weighted by molar-refractivity contribution is 6.24. The van der Waals surface area contributed by atoms with Crippen LogP contribution in [-0.4, -0.2) is 68.3 Å². The fourth-order valence-electron chi connectivity index (χ4n) is 7.07. The van der Waals surface area contributed by atoms with Gasteiger partial charge in [-0.3, -0.25) is 14.5 Å². The molecule has 1 fully saturated rings. The first-order valence-electron chi connectivity index (χ1n) is 15.7. The molecule has 6 heteroatoms. The van der Waals surface area contributed by atoms with Gasteiger partial charge >= 0.3 is 0 Å². The van der Waals surface area contributed by atoms with E-state index in [1.807, 2.05) is 6.07 Å². The lowest BCUT2D eigenvalue weighted by atomic mass is 9.73. The van der Waals surface area contributed by atoms with Gasteiger partial charge in [-0.1, -0.05) is 92.8 Å². The molecule has 0 amide bonds. The summed E-state index contributed by atoms with van der Waals surface area (Å²) in [6.07, 6.45) is 9.41. The summed E-state index contributed by atoms with van der Waals surface area (Å²) in [6, 6.07) is 21.2. The average Bonchev–Trinajstić information content (AvgIpc) is 3.43. The molecule has 1 aliphatic heterocycles. The standard InChI is InChI=1S/C36H46N2O4/c1-41-34-32(39)30-25-36(29-17-11-8-12-18-29,26-31(30)33(40)35(34)42-2)19-13-5-3-4-6-14-20-37-21-23-38(24-22-37)27-28-15-9-7-10-16-28/h7-12,15-18H,3-6,13-14,19-27H2,1-2H3. The number of carbonyl (C=O) groups is 2. The lowest BCUT2D eigenvalue weighted by Gasteiger charge is -2.34. The van der Waals surface area contributed by atoms with E-state index in [1.54, 1.807) is 0 Å². The van der Waals surface area contributed by atoms with Crippen LogP contribution in [0.15, 0.2) is 83.3 Å². The third-order valence-corrected chi connectivity index (χ3v) is 9.45. The lowest BCUT2D eigenvalue weighted by Crippen LogP contribution is -2.46. The number of hydrogen-bond donors (Lipinski definition) is 0. The first kappa shape index (κ1) is 30.2. The number of piperazine rings is 1. The first-order chi connectivity index (χ1) is 20.5. The van der Waals surface area contributed by atoms with E-state index in [0.29, 0.717) is 24.0 Å². The molecular weight excluding hydrogens is 524 g/mol. The Morgan fingerprint density at radius 2 is 1.14 bits per heavy atom. The Labute approximate surface area is 251 Å². The molecule has 0 saturated carbocycles. The molecule has 3 aliphatic rings. The largest absolute Gasteiger partial charge is 0.489 e. The average molecular weight is 571 g/mol. The van der Waals surface area contributed by atoms with Gasteiger partial charge in [0, 0.05) is 49.3 Å². The molecular formula is C36H46N2O4. The van der Waals surface area contributed by atoms with Crippen LogP contribution in [0.5, 0.6) is 0 Å². The Hall–Kier alpha value is -3.22. The summed E-state index contributed by atoms with van der Waals surface area (Å²) in [5.41, 5.74) is 3.61. The highest BCUT2D eigenvalue weighted by Crippen LogP contribution is 2.51. The van der Waals surface area contributed by atoms with Gasteiger partial charge in [-0.05, 0) is 43.4 Å². The van der Waals surface area contributed by atoms with Crippen molar-refractivity contribution in [2.45, 2.75) is 69.7 Å². The van der Waals surface area contributed by atoms with Crippen molar-refractivity contribution in [2.24, 2.45) is 0 Å². The lowest BCUT2D eigenvalue weighted by molar-refractivity contribution is -0.121. The highest BCUT2D eigenvalue weighted by atomic mass is 16.5. The maximum absolute atomic E-state index is 13.3. The minimum atomic E-state index is -0.234. The Morgan fingerprint density at radius 1 is 0.643 bits per heavy atom. The predicted molar refractivity (Wildman–Crippen MR) is 166 cm³/mol. The zero-order valence-electron chi connectivity index (χ0n) is 25.4. The number of ether oxygens (including phenoxy) is 2. The SMILES string of the molecule is COC1=C(OC)C(=O)C2=C(CC(CCCCCCCCN3CCN(Cc4ccccc4)CC3)(c3ccccc3)C2)C1=O. The van der Waals surface area contributed by atoms with Crippen LogP contribution in [0.2, 0.25) is 0 Å². The summed E-state index contributed by atoms with van der Waals surface area (Å²) in [5.74, 6) is -0.308. The van der Waals surface area contributed by atoms with Gasteiger partial charge < -0.3 is 14.4 Å². The molecule has 5 rings (SSSR count). The Balaban J connectivity index is 1.04. The van der Waals surface area contributed by atoms with Crippen molar-refractivity contribution in [1.82, 2.24) is 9.80 Å². The number of Topliss-reactive ketones (excluding diaryl/α,β-unsaturated/α-hetero) is 2. The van der Waals surface area contributed by atoms with Gasteiger partial charge in [-0.2, -0.15) is 0 Å². The maximum Gasteiger partial charge on any atom is 0.228 e. The molecule has 0 bridgehead atoms. The van der Waals surface area contributed by atoms with E-state index >= 15 is 0 Å². The molecule has 6 nitrogen and oxygen atoms in total. The summed E-state index contributed by atoms with van der Waals surface area (Å²) in [4.78, 5) is 31.7. The summed E-state index contributed by atoms with van der Waals surface area (Å²) < 4.78 is 10.6. The number of ketones is 2. The second-order valence-corrected chi connectivity index (χ2v) is 12.2. The van der Waals surface area contributed by atoms with Crippen LogP contribution in [0.25, 0.3) is 0 Å². The third kappa shape index (κ3) is 6.87. The molecule has 0 unspecified atom stereocenters. The second-order valence-electron chi connectivity index (χ2n) is 12.2. The van der Waals surface area contributed by atoms with Crippen LogP contribution in [0, 0.1) is 0 Å². The van der Waals surface area contributed by atoms with Gasteiger partial charge in [-0.25, -0.2) is 0 Å². The molecule has 224 valence electrons. The molecule has 0 N–H and O–H groups in total. The van der Waals surface area contributed by atoms with E-state index < -0.39 is 0 Å². The Bertz CT molecular complexity index is 1240. The minimum absolute atomic E-state index is 0.0409. The fraction of sp³-hybridized carbons (Fsp3) is 0.500. The monoisotopic (exact) mass is 570 g/mol. The zero-order chi connectivity index (χ0) is 29.4. The second kappa shape index (κ2) is 14.3. The number of benzene rings is 2. The maximum atomic E-state index is 13.3. The van der Waals surface area contributed by atoms with Crippen LogP contribution in [-0.2, 0) is 31.0 Å². The molecule has 0 radical (unpaired) electrons. The van der Waals surface area contributed by atoms with Crippen molar-refractivity contribution >= 4 is 11.6 Å². The summed E-state index contributed by atoms with van der Waals surface area (Å²) in [7, 11) is 2.86. The number of unbranched alkanes of at least 4 members (excludes halogenated alkanes) is 5. The number of methoxy groups -OCH3 is 2. The summed E-state index contributed by atoms with van der Waals surface area (Å²) in [5, 5.41) is 0. The van der Waals surface area contributed by atoms with Crippen molar-refractivity contribution in [1.29, 1.82) is 0 Å². The first-order valence-corrected chi connectivity index (χ1v) is 15.7. The summed E-state index contributed by atoms with van der Waals surface area (Å²) >= 11 is 0. The number of rotatable bonds is 14. The topological polar surface area (TPSA) is 59.1 Å². The fourth-order valence-corrected chi connectivity index (χ4v) is 7.07. The zero-order valence-corrected chi connectivity index (χ0v) is 25.4. The molecule has 0 aromatic heterocycles. The number of nitrogens with zero attached hydrogens (tertiary/aromatic N) is 2. The number of carbonyl (C=O) groups excluding carboxylic acids is 2. The molecule has 2 aromatic rings. The van der Waals surface area contributed by atoms with Gasteiger partial charge in [0.25, 0.3) is 0 Å². The highest BCUT2D eigenvalue weighted by Gasteiger charge is 2.48. The van der Waals surface area contributed by atoms with Crippen LogP contribution >= 0.6 is 0 Å². The normalized spacial score (nSPS) is 19.4. The predicted octanol–water partition coefficient (Wildman–Crippen LogP) is 6.22. The molecule has 42 heavy (non-hydrogen) atoms. The van der Waals surface area contributed by atoms with Crippen LogP contribution < -0.4 is 0 Å². The van der Waals surface area contributed by atoms with Crippen molar-refractivity contribution in [3.63, 3.8) is 0 Å². The van der Waals surface area contributed by atoms with Crippen molar-refractivity contribution in [3.05, 3.63) is 94.5 Å². The smallest absolute Gasteiger partial charge is 0.228 e.